The Morgan fingerprint density at radius 3 is 2.86 bits per heavy atom. The van der Waals surface area contributed by atoms with Gasteiger partial charge in [0.25, 0.3) is 0 Å². The Balaban J connectivity index is 2.26. The first-order valence-corrected chi connectivity index (χ1v) is 8.94. The molecule has 0 aliphatic rings. The largest absolute Gasteiger partial charge is 0.369 e. The molecular weight excluding hydrogens is 304 g/mol. The van der Waals surface area contributed by atoms with Crippen LogP contribution in [0, 0.1) is 0 Å². The summed E-state index contributed by atoms with van der Waals surface area (Å²) >= 11 is 3.11. The Morgan fingerprint density at radius 2 is 2.19 bits per heavy atom. The van der Waals surface area contributed by atoms with E-state index in [1.807, 2.05) is 0 Å². The normalized spacial score (nSPS) is 11.0. The Morgan fingerprint density at radius 1 is 1.38 bits per heavy atom. The molecule has 0 saturated heterocycles. The van der Waals surface area contributed by atoms with E-state index in [0.717, 1.165) is 42.4 Å². The molecule has 7 heteroatoms. The van der Waals surface area contributed by atoms with E-state index in [-0.39, 0.29) is 11.7 Å². The lowest BCUT2D eigenvalue weighted by Crippen LogP contribution is -2.14. The summed E-state index contributed by atoms with van der Waals surface area (Å²) < 4.78 is 2.07. The van der Waals surface area contributed by atoms with Gasteiger partial charge in [-0.3, -0.25) is 4.79 Å². The van der Waals surface area contributed by atoms with Crippen LogP contribution >= 0.6 is 23.1 Å². The second-order valence-corrected chi connectivity index (χ2v) is 6.70. The van der Waals surface area contributed by atoms with Crippen molar-refractivity contribution < 1.29 is 4.79 Å². The fraction of sp³-hybridized carbons (Fsp3) is 0.500. The van der Waals surface area contributed by atoms with E-state index in [0.29, 0.717) is 0 Å². The van der Waals surface area contributed by atoms with E-state index in [4.69, 9.17) is 5.73 Å². The molecular formula is C14H20N4OS2. The van der Waals surface area contributed by atoms with Gasteiger partial charge in [-0.15, -0.1) is 21.5 Å². The third-order valence-electron chi connectivity index (χ3n) is 2.92. The summed E-state index contributed by atoms with van der Waals surface area (Å²) in [4.78, 5) is 12.3. The Labute approximate surface area is 132 Å². The number of aryl methyl sites for hydroxylation is 1. The molecule has 2 heterocycles. The molecule has 0 atom stereocenters. The fourth-order valence-corrected chi connectivity index (χ4v) is 3.72. The van der Waals surface area contributed by atoms with Crippen molar-refractivity contribution in [2.45, 2.75) is 44.8 Å². The number of nitrogens with two attached hydrogens (primary N) is 1. The molecule has 2 aromatic heterocycles. The highest BCUT2D eigenvalue weighted by molar-refractivity contribution is 7.99. The van der Waals surface area contributed by atoms with Gasteiger partial charge in [-0.2, -0.15) is 0 Å². The average Bonchev–Trinajstić information content (AvgIpc) is 3.04. The number of hydrogen-bond donors (Lipinski definition) is 1. The molecule has 2 aromatic rings. The number of nitrogens with zero attached hydrogens (tertiary/aromatic N) is 3. The van der Waals surface area contributed by atoms with Crippen molar-refractivity contribution >= 4 is 29.0 Å². The van der Waals surface area contributed by atoms with Crippen LogP contribution in [0.2, 0.25) is 0 Å². The van der Waals surface area contributed by atoms with Crippen LogP contribution in [0.5, 0.6) is 0 Å². The van der Waals surface area contributed by atoms with Crippen molar-refractivity contribution in [1.82, 2.24) is 14.8 Å². The van der Waals surface area contributed by atoms with Gasteiger partial charge in [-0.1, -0.05) is 32.0 Å². The maximum Gasteiger partial charge on any atom is 0.227 e. The molecule has 0 bridgehead atoms. The molecule has 0 spiro atoms. The lowest BCUT2D eigenvalue weighted by Gasteiger charge is -2.07. The topological polar surface area (TPSA) is 73.8 Å². The van der Waals surface area contributed by atoms with Crippen molar-refractivity contribution in [3.8, 4) is 11.4 Å². The smallest absolute Gasteiger partial charge is 0.227 e. The molecule has 0 aliphatic heterocycles. The number of thiophene rings is 1. The molecule has 2 N–H and O–H groups in total. The Hall–Kier alpha value is -1.34. The highest BCUT2D eigenvalue weighted by atomic mass is 32.2. The number of amides is 1. The van der Waals surface area contributed by atoms with Gasteiger partial charge in [0.2, 0.25) is 5.91 Å². The first-order chi connectivity index (χ1) is 10.2. The zero-order valence-electron chi connectivity index (χ0n) is 12.3. The highest BCUT2D eigenvalue weighted by Gasteiger charge is 2.15. The molecule has 0 unspecified atom stereocenters. The van der Waals surface area contributed by atoms with E-state index in [2.05, 4.69) is 40.1 Å². The molecule has 0 fully saturated rings. The van der Waals surface area contributed by atoms with Gasteiger partial charge in [-0.25, -0.2) is 0 Å². The summed E-state index contributed by atoms with van der Waals surface area (Å²) in [6.45, 7) is 5.13. The molecule has 0 aliphatic carbocycles. The second-order valence-electron chi connectivity index (χ2n) is 4.76. The second kappa shape index (κ2) is 7.61. The number of hydrogen-bond acceptors (Lipinski definition) is 5. The first kappa shape index (κ1) is 16.0. The zero-order valence-corrected chi connectivity index (χ0v) is 14.0. The number of rotatable bonds is 8. The maximum absolute atomic E-state index is 10.9. The summed E-state index contributed by atoms with van der Waals surface area (Å²) in [6.07, 6.45) is 3.22. The van der Waals surface area contributed by atoms with Gasteiger partial charge in [0.1, 0.15) is 0 Å². The van der Waals surface area contributed by atoms with Crippen LogP contribution in [-0.2, 0) is 17.8 Å². The molecule has 21 heavy (non-hydrogen) atoms. The highest BCUT2D eigenvalue weighted by Crippen LogP contribution is 2.28. The zero-order chi connectivity index (χ0) is 15.2. The fourth-order valence-electron chi connectivity index (χ4n) is 2.05. The number of aromatic nitrogens is 3. The standard InChI is InChI=1S/C14H20N4OS2/c1-3-5-11-7-10(8-20-11)13-16-17-14(18(13)6-4-2)21-9-12(15)19/h7-8H,3-6,9H2,1-2H3,(H2,15,19). The van der Waals surface area contributed by atoms with E-state index in [1.165, 1.54) is 16.6 Å². The predicted molar refractivity (Wildman–Crippen MR) is 87.5 cm³/mol. The van der Waals surface area contributed by atoms with E-state index >= 15 is 0 Å². The molecule has 1 amide bonds. The van der Waals surface area contributed by atoms with Gasteiger partial charge in [0, 0.05) is 22.4 Å². The molecule has 5 nitrogen and oxygen atoms in total. The Bertz CT molecular complexity index is 606. The summed E-state index contributed by atoms with van der Waals surface area (Å²) in [7, 11) is 0. The minimum absolute atomic E-state index is 0.229. The molecule has 2 rings (SSSR count). The van der Waals surface area contributed by atoms with E-state index in [9.17, 15) is 4.79 Å². The van der Waals surface area contributed by atoms with Crippen molar-refractivity contribution in [3.05, 3.63) is 16.3 Å². The van der Waals surface area contributed by atoms with E-state index in [1.54, 1.807) is 11.3 Å². The van der Waals surface area contributed by atoms with Crippen LogP contribution in [-0.4, -0.2) is 26.4 Å². The number of carbonyl (C=O) groups excluding carboxylic acids is 1. The summed E-state index contributed by atoms with van der Waals surface area (Å²) in [6, 6.07) is 2.19. The third kappa shape index (κ3) is 4.07. The minimum atomic E-state index is -0.339. The van der Waals surface area contributed by atoms with Gasteiger partial charge in [-0.05, 0) is 18.9 Å². The van der Waals surface area contributed by atoms with Crippen LogP contribution in [0.15, 0.2) is 16.6 Å². The SMILES string of the molecule is CCCc1cc(-c2nnc(SCC(N)=O)n2CCC)cs1. The average molecular weight is 324 g/mol. The van der Waals surface area contributed by atoms with Crippen LogP contribution in [0.3, 0.4) is 0 Å². The Kier molecular flexibility index (Phi) is 5.81. The predicted octanol–water partition coefficient (Wildman–Crippen LogP) is 2.95. The van der Waals surface area contributed by atoms with Gasteiger partial charge < -0.3 is 10.3 Å². The summed E-state index contributed by atoms with van der Waals surface area (Å²) in [5, 5.41) is 11.4. The maximum atomic E-state index is 10.9. The van der Waals surface area contributed by atoms with Crippen molar-refractivity contribution in [1.29, 1.82) is 0 Å². The first-order valence-electron chi connectivity index (χ1n) is 7.07. The van der Waals surface area contributed by atoms with Crippen molar-refractivity contribution in [2.24, 2.45) is 5.73 Å². The number of primary amides is 1. The van der Waals surface area contributed by atoms with Crippen LogP contribution in [0.25, 0.3) is 11.4 Å². The monoisotopic (exact) mass is 324 g/mol. The lowest BCUT2D eigenvalue weighted by molar-refractivity contribution is -0.115. The molecule has 0 radical (unpaired) electrons. The van der Waals surface area contributed by atoms with Gasteiger partial charge in [0.05, 0.1) is 5.75 Å². The van der Waals surface area contributed by atoms with Crippen LogP contribution in [0.4, 0.5) is 0 Å². The van der Waals surface area contributed by atoms with Crippen LogP contribution < -0.4 is 5.73 Å². The van der Waals surface area contributed by atoms with Crippen molar-refractivity contribution in [3.63, 3.8) is 0 Å². The quantitative estimate of drug-likeness (QED) is 0.758. The third-order valence-corrected chi connectivity index (χ3v) is 4.90. The molecule has 0 aromatic carbocycles. The summed E-state index contributed by atoms with van der Waals surface area (Å²) in [5.41, 5.74) is 6.31. The van der Waals surface area contributed by atoms with Gasteiger partial charge in [0.15, 0.2) is 11.0 Å². The van der Waals surface area contributed by atoms with E-state index < -0.39 is 0 Å². The number of thioether (sulfide) groups is 1. The summed E-state index contributed by atoms with van der Waals surface area (Å²) in [5.74, 6) is 0.767. The van der Waals surface area contributed by atoms with Gasteiger partial charge >= 0.3 is 0 Å². The number of carbonyl (C=O) groups is 1. The molecule has 0 saturated carbocycles. The molecule has 114 valence electrons. The van der Waals surface area contributed by atoms with Crippen LogP contribution in [0.1, 0.15) is 31.6 Å². The van der Waals surface area contributed by atoms with Crippen molar-refractivity contribution in [2.75, 3.05) is 5.75 Å². The minimum Gasteiger partial charge on any atom is -0.369 e. The lowest BCUT2D eigenvalue weighted by atomic mass is 10.2.